The van der Waals surface area contributed by atoms with Crippen LogP contribution in [0.3, 0.4) is 0 Å². The molecule has 0 radical (unpaired) electrons. The third-order valence-corrected chi connectivity index (χ3v) is 9.07. The van der Waals surface area contributed by atoms with Gasteiger partial charge in [0, 0.05) is 37.2 Å². The van der Waals surface area contributed by atoms with Crippen molar-refractivity contribution < 1.29 is 46.2 Å². The molecule has 3 N–H and O–H groups in total. The smallest absolute Gasteiger partial charge is 0.481 e. The van der Waals surface area contributed by atoms with E-state index in [1.165, 1.54) is 12.1 Å². The van der Waals surface area contributed by atoms with Crippen molar-refractivity contribution >= 4 is 45.7 Å². The van der Waals surface area contributed by atoms with E-state index in [-0.39, 0.29) is 29.7 Å². The van der Waals surface area contributed by atoms with Crippen molar-refractivity contribution in [2.24, 2.45) is 5.41 Å². The van der Waals surface area contributed by atoms with Crippen LogP contribution in [0.5, 0.6) is 5.75 Å². The Morgan fingerprint density at radius 3 is 1.92 bits per heavy atom. The third kappa shape index (κ3) is 14.0. The zero-order valence-electron chi connectivity index (χ0n) is 25.7. The molecule has 4 rings (SSSR count). The number of hydrogen-bond acceptors (Lipinski definition) is 9. The van der Waals surface area contributed by atoms with E-state index in [4.69, 9.17) is 26.2 Å². The second kappa shape index (κ2) is 20.4. The maximum atomic E-state index is 13.1. The highest BCUT2D eigenvalue weighted by Crippen LogP contribution is 2.36. The first-order valence-electron chi connectivity index (χ1n) is 13.9. The number of nitrogens with zero attached hydrogens (tertiary/aromatic N) is 3. The van der Waals surface area contributed by atoms with Gasteiger partial charge < -0.3 is 9.84 Å². The minimum absolute atomic E-state index is 0. The van der Waals surface area contributed by atoms with Crippen molar-refractivity contribution in [2.45, 2.75) is 43.3 Å². The molecule has 262 valence electrons. The number of halogens is 5. The van der Waals surface area contributed by atoms with Gasteiger partial charge in [0.15, 0.2) is 9.84 Å². The first-order chi connectivity index (χ1) is 22.3. The van der Waals surface area contributed by atoms with Gasteiger partial charge in [0.1, 0.15) is 12.4 Å². The summed E-state index contributed by atoms with van der Waals surface area (Å²) in [4.78, 5) is 31.6. The quantitative estimate of drug-likeness (QED) is 0.119. The van der Waals surface area contributed by atoms with Crippen LogP contribution >= 0.6 is 24.0 Å². The van der Waals surface area contributed by atoms with Gasteiger partial charge in [-0.25, -0.2) is 18.7 Å². The summed E-state index contributed by atoms with van der Waals surface area (Å²) in [6.45, 7) is 3.70. The lowest BCUT2D eigenvalue weighted by Gasteiger charge is -2.39. The maximum absolute atomic E-state index is 13.1. The lowest BCUT2D eigenvalue weighted by Crippen LogP contribution is -2.51. The first-order valence-corrected chi connectivity index (χ1v) is 16.1. The molecule has 1 aromatic carbocycles. The van der Waals surface area contributed by atoms with Gasteiger partial charge in [-0.15, -0.1) is 29.9 Å². The molecule has 11 nitrogen and oxygen atoms in total. The molecule has 0 bridgehead atoms. The Kier molecular flexibility index (Phi) is 17.9. The van der Waals surface area contributed by atoms with Gasteiger partial charge in [-0.3, -0.25) is 24.9 Å². The van der Waals surface area contributed by atoms with E-state index in [1.807, 2.05) is 24.3 Å². The average molecular weight is 736 g/mol. The molecule has 1 saturated heterocycles. The van der Waals surface area contributed by atoms with Crippen molar-refractivity contribution in [3.05, 3.63) is 84.4 Å². The molecule has 0 spiro atoms. The van der Waals surface area contributed by atoms with Gasteiger partial charge in [0.05, 0.1) is 16.1 Å². The van der Waals surface area contributed by atoms with Gasteiger partial charge in [0.25, 0.3) is 5.91 Å². The second-order valence-electron chi connectivity index (χ2n) is 10.1. The lowest BCUT2D eigenvalue weighted by atomic mass is 9.79. The number of aromatic nitrogens is 2. The maximum Gasteiger partial charge on any atom is 0.490 e. The average Bonchev–Trinajstić information content (AvgIpc) is 3.06. The normalized spacial score (nSPS) is 13.8. The van der Waals surface area contributed by atoms with E-state index in [9.17, 15) is 31.6 Å². The van der Waals surface area contributed by atoms with E-state index in [0.717, 1.165) is 11.1 Å². The molecule has 0 aliphatic carbocycles. The minimum Gasteiger partial charge on any atom is -0.481 e. The number of carboxylic acid groups (broad SMARTS) is 1. The van der Waals surface area contributed by atoms with Crippen LogP contribution in [0.4, 0.5) is 13.2 Å². The van der Waals surface area contributed by atoms with E-state index in [2.05, 4.69) is 26.7 Å². The molecule has 0 unspecified atom stereocenters. The molecule has 0 atom stereocenters. The van der Waals surface area contributed by atoms with E-state index >= 15 is 0 Å². The monoisotopic (exact) mass is 734 g/mol. The van der Waals surface area contributed by atoms with Crippen molar-refractivity contribution in [1.29, 1.82) is 0 Å². The number of alkyl halides is 4. The molecule has 48 heavy (non-hydrogen) atoms. The van der Waals surface area contributed by atoms with E-state index in [1.54, 1.807) is 49.3 Å². The van der Waals surface area contributed by atoms with E-state index < -0.39 is 33.3 Å². The number of sulfone groups is 1. The number of likely N-dealkylation sites (tertiary alicyclic amines) is 1. The summed E-state index contributed by atoms with van der Waals surface area (Å²) in [6, 6.07) is 13.7. The van der Waals surface area contributed by atoms with Gasteiger partial charge in [-0.2, -0.15) is 13.2 Å². The zero-order valence-corrected chi connectivity index (χ0v) is 28.1. The number of nitrogens with one attached hydrogen (secondary N) is 1. The SMILES string of the molecule is CC#CCOc1ccc(S(=O)(=O)CC2(C(=O)NO)CCN(Cc3ccncc3)CC2)cc1.Cl.ClCc1ccncc1.O=C(O)C(F)(F)F. The summed E-state index contributed by atoms with van der Waals surface area (Å²) < 4.78 is 63.4. The molecule has 3 aromatic rings. The number of carbonyl (C=O) groups is 2. The van der Waals surface area contributed by atoms with Crippen LogP contribution in [0.15, 0.2) is 78.2 Å². The van der Waals surface area contributed by atoms with Crippen molar-refractivity contribution in [1.82, 2.24) is 20.3 Å². The van der Waals surface area contributed by atoms with Crippen LogP contribution in [-0.2, 0) is 31.9 Å². The van der Waals surface area contributed by atoms with Crippen LogP contribution in [0, 0.1) is 17.3 Å². The predicted octanol–water partition coefficient (Wildman–Crippen LogP) is 4.92. The topological polar surface area (TPSA) is 159 Å². The number of ether oxygens (including phenoxy) is 1. The Labute approximate surface area is 287 Å². The highest BCUT2D eigenvalue weighted by atomic mass is 35.5. The van der Waals surface area contributed by atoms with Gasteiger partial charge in [-0.05, 0) is 92.5 Å². The molecule has 1 aliphatic rings. The predicted molar refractivity (Wildman–Crippen MR) is 173 cm³/mol. The number of piperidine rings is 1. The van der Waals surface area contributed by atoms with Gasteiger partial charge >= 0.3 is 12.1 Å². The Balaban J connectivity index is 0.000000593. The van der Waals surface area contributed by atoms with Gasteiger partial charge in [0.2, 0.25) is 0 Å². The number of pyridine rings is 2. The molecular weight excluding hydrogens is 700 g/mol. The number of amides is 1. The highest BCUT2D eigenvalue weighted by molar-refractivity contribution is 7.91. The number of hydrogen-bond donors (Lipinski definition) is 3. The Bertz CT molecular complexity index is 1580. The molecule has 2 aromatic heterocycles. The summed E-state index contributed by atoms with van der Waals surface area (Å²) >= 11 is 5.50. The molecular formula is C31H35Cl2F3N4O7S. The fraction of sp³-hybridized carbons (Fsp3) is 0.355. The molecule has 1 amide bonds. The number of hydroxylamine groups is 1. The summed E-state index contributed by atoms with van der Waals surface area (Å²) in [5.41, 5.74) is 2.70. The minimum atomic E-state index is -5.08. The standard InChI is InChI=1S/C23H27N3O5S.C6H6ClN.C2HF3O2.ClH/c1-2-3-16-31-20-4-6-21(7-5-20)32(29,30)18-23(22(27)25-28)10-14-26(15-11-23)17-19-8-12-24-13-9-19;7-5-6-1-3-8-4-2-6;3-2(4,5)1(6)7;/h4-9,12-13,28H,10-11,14-18H2,1H3,(H,25,27);1-4H,5H2;(H,6,7);1H. The lowest BCUT2D eigenvalue weighted by molar-refractivity contribution is -0.192. The number of aliphatic carboxylic acids is 1. The highest BCUT2D eigenvalue weighted by Gasteiger charge is 2.45. The Morgan fingerprint density at radius 2 is 1.50 bits per heavy atom. The Morgan fingerprint density at radius 1 is 1.00 bits per heavy atom. The fourth-order valence-electron chi connectivity index (χ4n) is 4.29. The molecule has 3 heterocycles. The summed E-state index contributed by atoms with van der Waals surface area (Å²) in [7, 11) is -3.77. The van der Waals surface area contributed by atoms with Crippen molar-refractivity contribution in [3.8, 4) is 17.6 Å². The Hall–Kier alpha value is -3.94. The number of rotatable bonds is 9. The van der Waals surface area contributed by atoms with Crippen LogP contribution in [0.25, 0.3) is 0 Å². The summed E-state index contributed by atoms with van der Waals surface area (Å²) in [5.74, 6) is 2.78. The largest absolute Gasteiger partial charge is 0.490 e. The molecule has 0 saturated carbocycles. The van der Waals surface area contributed by atoms with Crippen LogP contribution in [0.2, 0.25) is 0 Å². The summed E-state index contributed by atoms with van der Waals surface area (Å²) in [5, 5.41) is 16.4. The summed E-state index contributed by atoms with van der Waals surface area (Å²) in [6.07, 6.45) is 2.47. The van der Waals surface area contributed by atoms with E-state index in [0.29, 0.717) is 44.1 Å². The molecule has 17 heteroatoms. The molecule has 1 fully saturated rings. The van der Waals surface area contributed by atoms with Gasteiger partial charge in [-0.1, -0.05) is 5.92 Å². The number of carboxylic acids is 1. The fourth-order valence-corrected chi connectivity index (χ4v) is 6.34. The number of carbonyl (C=O) groups excluding carboxylic acids is 1. The van der Waals surface area contributed by atoms with Crippen LogP contribution in [0.1, 0.15) is 30.9 Å². The van der Waals surface area contributed by atoms with Crippen molar-refractivity contribution in [3.63, 3.8) is 0 Å². The molecule has 1 aliphatic heterocycles. The van der Waals surface area contributed by atoms with Crippen LogP contribution in [-0.4, -0.2) is 77.1 Å². The third-order valence-electron chi connectivity index (χ3n) is 6.84. The second-order valence-corrected chi connectivity index (χ2v) is 12.3. The van der Waals surface area contributed by atoms with Crippen LogP contribution < -0.4 is 10.2 Å². The zero-order chi connectivity index (χ0) is 34.9. The van der Waals surface area contributed by atoms with Crippen molar-refractivity contribution in [2.75, 3.05) is 25.4 Å². The first kappa shape index (κ1) is 42.1. The number of benzene rings is 1.